The number of hydrogen-bond donors (Lipinski definition) is 0. The van der Waals surface area contributed by atoms with Crippen LogP contribution in [0.1, 0.15) is 38.3 Å². The molecule has 2 fully saturated rings. The maximum atomic E-state index is 15.0. The molecule has 1 atom stereocenters. The Bertz CT molecular complexity index is 1180. The molecule has 0 aliphatic carbocycles. The first-order valence-electron chi connectivity index (χ1n) is 10.6. The Labute approximate surface area is 190 Å². The van der Waals surface area contributed by atoms with Crippen LogP contribution >= 0.6 is 0 Å². The zero-order valence-electron chi connectivity index (χ0n) is 18.6. The van der Waals surface area contributed by atoms with Gasteiger partial charge in [0.1, 0.15) is 11.2 Å². The topological polar surface area (TPSA) is 60.9 Å². The van der Waals surface area contributed by atoms with Crippen LogP contribution in [0.25, 0.3) is 0 Å². The number of urea groups is 1. The summed E-state index contributed by atoms with van der Waals surface area (Å²) >= 11 is 0. The van der Waals surface area contributed by atoms with Gasteiger partial charge in [-0.3, -0.25) is 9.59 Å². The van der Waals surface area contributed by atoms with Crippen molar-refractivity contribution in [1.82, 2.24) is 9.80 Å². The first kappa shape index (κ1) is 22.5. The molecule has 2 aromatic rings. The van der Waals surface area contributed by atoms with Crippen molar-refractivity contribution in [3.8, 4) is 11.8 Å². The molecule has 2 heterocycles. The van der Waals surface area contributed by atoms with Gasteiger partial charge in [0.05, 0.1) is 6.42 Å². The summed E-state index contributed by atoms with van der Waals surface area (Å²) in [4.78, 5) is 42.5. The van der Waals surface area contributed by atoms with Crippen LogP contribution in [0.5, 0.6) is 0 Å². The summed E-state index contributed by atoms with van der Waals surface area (Å²) in [6.45, 7) is 5.66. The van der Waals surface area contributed by atoms with Gasteiger partial charge in [-0.25, -0.2) is 18.5 Å². The standard InChI is InChI=1S/C25H23F2N3O3/c1-16(2)28-11-12-29-24(33)30(21(31)15-25(29,3)23(28)32)22-19(26)13-18(14-20(22)27)10-9-17-7-5-4-6-8-17/h4-8,13-14,16H,11-12,15H2,1-3H3. The van der Waals surface area contributed by atoms with Crippen molar-refractivity contribution in [3.05, 3.63) is 65.2 Å². The molecular weight excluding hydrogens is 428 g/mol. The van der Waals surface area contributed by atoms with Crippen LogP contribution in [0, 0.1) is 23.5 Å². The Kier molecular flexibility index (Phi) is 5.66. The van der Waals surface area contributed by atoms with Gasteiger partial charge in [-0.05, 0) is 45.0 Å². The van der Waals surface area contributed by atoms with Gasteiger partial charge in [0.25, 0.3) is 0 Å². The Morgan fingerprint density at radius 2 is 1.55 bits per heavy atom. The molecule has 2 aliphatic heterocycles. The number of hydrogen-bond acceptors (Lipinski definition) is 3. The molecule has 0 spiro atoms. The Hall–Kier alpha value is -3.73. The minimum absolute atomic E-state index is 0.0695. The predicted molar refractivity (Wildman–Crippen MR) is 118 cm³/mol. The van der Waals surface area contributed by atoms with Gasteiger partial charge in [-0.2, -0.15) is 0 Å². The number of nitrogens with zero attached hydrogens (tertiary/aromatic N) is 3. The zero-order chi connectivity index (χ0) is 23.9. The molecule has 4 amide bonds. The molecule has 8 heteroatoms. The van der Waals surface area contributed by atoms with Gasteiger partial charge < -0.3 is 9.80 Å². The molecule has 0 N–H and O–H groups in total. The zero-order valence-corrected chi connectivity index (χ0v) is 18.6. The van der Waals surface area contributed by atoms with E-state index in [0.717, 1.165) is 12.1 Å². The van der Waals surface area contributed by atoms with Crippen molar-refractivity contribution in [2.75, 3.05) is 18.0 Å². The van der Waals surface area contributed by atoms with E-state index >= 15 is 0 Å². The van der Waals surface area contributed by atoms with Crippen molar-refractivity contribution in [1.29, 1.82) is 0 Å². The van der Waals surface area contributed by atoms with E-state index in [1.54, 1.807) is 29.2 Å². The molecule has 0 saturated carbocycles. The maximum absolute atomic E-state index is 15.0. The van der Waals surface area contributed by atoms with Crippen LogP contribution in [0.2, 0.25) is 0 Å². The molecule has 2 aliphatic rings. The fourth-order valence-electron chi connectivity index (χ4n) is 4.29. The van der Waals surface area contributed by atoms with E-state index in [-0.39, 0.29) is 37.0 Å². The number of imide groups is 1. The third kappa shape index (κ3) is 3.84. The number of benzene rings is 2. The monoisotopic (exact) mass is 451 g/mol. The van der Waals surface area contributed by atoms with Gasteiger partial charge in [0.2, 0.25) is 11.8 Å². The molecule has 6 nitrogen and oxygen atoms in total. The maximum Gasteiger partial charge on any atom is 0.332 e. The molecule has 4 rings (SSSR count). The minimum atomic E-state index is -1.39. The van der Waals surface area contributed by atoms with Crippen LogP contribution in [0.15, 0.2) is 42.5 Å². The lowest BCUT2D eigenvalue weighted by molar-refractivity contribution is -0.153. The van der Waals surface area contributed by atoms with E-state index < -0.39 is 34.8 Å². The summed E-state index contributed by atoms with van der Waals surface area (Å²) in [6.07, 6.45) is -0.366. The number of amides is 4. The number of carbonyl (C=O) groups excluding carboxylic acids is 3. The highest BCUT2D eigenvalue weighted by Crippen LogP contribution is 2.37. The van der Waals surface area contributed by atoms with Crippen molar-refractivity contribution < 1.29 is 23.2 Å². The molecular formula is C25H23F2N3O3. The van der Waals surface area contributed by atoms with Crippen LogP contribution in [0.3, 0.4) is 0 Å². The number of rotatable bonds is 2. The number of carbonyl (C=O) groups is 3. The average Bonchev–Trinajstić information content (AvgIpc) is 2.76. The van der Waals surface area contributed by atoms with E-state index in [0.29, 0.717) is 10.5 Å². The van der Waals surface area contributed by atoms with E-state index in [2.05, 4.69) is 11.8 Å². The second-order valence-electron chi connectivity index (χ2n) is 8.61. The largest absolute Gasteiger partial charge is 0.336 e. The van der Waals surface area contributed by atoms with Crippen molar-refractivity contribution in [3.63, 3.8) is 0 Å². The molecule has 0 radical (unpaired) electrons. The molecule has 33 heavy (non-hydrogen) atoms. The molecule has 2 saturated heterocycles. The third-order valence-corrected chi connectivity index (χ3v) is 6.04. The number of fused-ring (bicyclic) bond motifs is 1. The first-order chi connectivity index (χ1) is 15.6. The highest BCUT2D eigenvalue weighted by molar-refractivity contribution is 6.19. The highest BCUT2D eigenvalue weighted by Gasteiger charge is 2.56. The summed E-state index contributed by atoms with van der Waals surface area (Å²) in [5, 5.41) is 0. The highest BCUT2D eigenvalue weighted by atomic mass is 19.1. The van der Waals surface area contributed by atoms with Gasteiger partial charge in [-0.1, -0.05) is 30.0 Å². The fourth-order valence-corrected chi connectivity index (χ4v) is 4.29. The van der Waals surface area contributed by atoms with E-state index in [4.69, 9.17) is 0 Å². The third-order valence-electron chi connectivity index (χ3n) is 6.04. The number of piperazine rings is 1. The van der Waals surface area contributed by atoms with E-state index in [9.17, 15) is 23.2 Å². The smallest absolute Gasteiger partial charge is 0.332 e. The van der Waals surface area contributed by atoms with E-state index in [1.165, 1.54) is 11.8 Å². The average molecular weight is 451 g/mol. The minimum Gasteiger partial charge on any atom is -0.336 e. The Morgan fingerprint density at radius 1 is 0.939 bits per heavy atom. The second kappa shape index (κ2) is 8.32. The molecule has 0 bridgehead atoms. The lowest BCUT2D eigenvalue weighted by Gasteiger charge is -2.52. The Morgan fingerprint density at radius 3 is 2.15 bits per heavy atom. The summed E-state index contributed by atoms with van der Waals surface area (Å²) in [5.41, 5.74) is -1.40. The van der Waals surface area contributed by atoms with Crippen molar-refractivity contribution in [2.45, 2.75) is 38.8 Å². The number of halogens is 2. The fraction of sp³-hybridized carbons (Fsp3) is 0.320. The van der Waals surface area contributed by atoms with Crippen molar-refractivity contribution in [2.24, 2.45) is 0 Å². The van der Waals surface area contributed by atoms with Gasteiger partial charge in [0, 0.05) is 30.3 Å². The quantitative estimate of drug-likeness (QED) is 0.657. The van der Waals surface area contributed by atoms with Crippen LogP contribution in [-0.4, -0.2) is 52.3 Å². The molecule has 2 aromatic carbocycles. The predicted octanol–water partition coefficient (Wildman–Crippen LogP) is 3.53. The molecule has 1 unspecified atom stereocenters. The normalized spacial score (nSPS) is 20.7. The second-order valence-corrected chi connectivity index (χ2v) is 8.61. The van der Waals surface area contributed by atoms with Crippen LogP contribution < -0.4 is 4.90 Å². The summed E-state index contributed by atoms with van der Waals surface area (Å²) in [5.74, 6) is 2.16. The van der Waals surface area contributed by atoms with Gasteiger partial charge >= 0.3 is 6.03 Å². The first-order valence-corrected chi connectivity index (χ1v) is 10.6. The van der Waals surface area contributed by atoms with Crippen LogP contribution in [-0.2, 0) is 9.59 Å². The lowest BCUT2D eigenvalue weighted by atomic mass is 9.87. The SMILES string of the molecule is CC(C)N1CCN2C(=O)N(c3c(F)cc(C#Cc4ccccc4)cc3F)C(=O)CC2(C)C1=O. The Balaban J connectivity index is 1.67. The summed E-state index contributed by atoms with van der Waals surface area (Å²) in [6, 6.07) is 9.91. The number of anilines is 1. The van der Waals surface area contributed by atoms with E-state index in [1.807, 2.05) is 19.9 Å². The van der Waals surface area contributed by atoms with Gasteiger partial charge in [0.15, 0.2) is 11.6 Å². The van der Waals surface area contributed by atoms with Gasteiger partial charge in [-0.15, -0.1) is 0 Å². The van der Waals surface area contributed by atoms with Crippen molar-refractivity contribution >= 4 is 23.5 Å². The summed E-state index contributed by atoms with van der Waals surface area (Å²) in [7, 11) is 0. The summed E-state index contributed by atoms with van der Waals surface area (Å²) < 4.78 is 30.0. The van der Waals surface area contributed by atoms with Crippen LogP contribution in [0.4, 0.5) is 19.3 Å². The molecule has 0 aromatic heterocycles. The molecule has 170 valence electrons. The lowest BCUT2D eigenvalue weighted by Crippen LogP contribution is -2.73.